The highest BCUT2D eigenvalue weighted by molar-refractivity contribution is 6.31. The standard InChI is InChI=1S/C26H18ClNO5/c1-14-3-10-18(11-4-14)28-22(15-5-7-16(8-6-15)26(31)32-2)21-23(29)19-13-17(27)9-12-20(19)33-24(21)25(28)30/h3-13,22H,1-2H3. The lowest BCUT2D eigenvalue weighted by molar-refractivity contribution is 0.0600. The van der Waals surface area contributed by atoms with Crippen LogP contribution in [0, 0.1) is 6.92 Å². The van der Waals surface area contributed by atoms with E-state index in [2.05, 4.69) is 0 Å². The number of amides is 1. The van der Waals surface area contributed by atoms with Crippen molar-refractivity contribution >= 4 is 40.1 Å². The van der Waals surface area contributed by atoms with Gasteiger partial charge in [-0.25, -0.2) is 4.79 Å². The fourth-order valence-electron chi connectivity index (χ4n) is 4.15. The van der Waals surface area contributed by atoms with E-state index in [0.717, 1.165) is 5.56 Å². The summed E-state index contributed by atoms with van der Waals surface area (Å²) in [6.45, 7) is 1.95. The van der Waals surface area contributed by atoms with E-state index in [0.29, 0.717) is 32.8 Å². The maximum Gasteiger partial charge on any atom is 0.337 e. The summed E-state index contributed by atoms with van der Waals surface area (Å²) in [5.41, 5.74) is 2.90. The van der Waals surface area contributed by atoms with Gasteiger partial charge in [0.05, 0.1) is 29.7 Å². The number of ether oxygens (including phenoxy) is 1. The first-order valence-corrected chi connectivity index (χ1v) is 10.6. The molecule has 0 fully saturated rings. The summed E-state index contributed by atoms with van der Waals surface area (Å²) in [7, 11) is 1.31. The average Bonchev–Trinajstić information content (AvgIpc) is 3.12. The van der Waals surface area contributed by atoms with Gasteiger partial charge in [0, 0.05) is 10.7 Å². The molecule has 0 bridgehead atoms. The van der Waals surface area contributed by atoms with Crippen molar-refractivity contribution in [1.29, 1.82) is 0 Å². The van der Waals surface area contributed by atoms with Crippen molar-refractivity contribution in [2.24, 2.45) is 0 Å². The molecule has 5 rings (SSSR count). The summed E-state index contributed by atoms with van der Waals surface area (Å²) in [4.78, 5) is 40.6. The van der Waals surface area contributed by atoms with Crippen LogP contribution in [0.3, 0.4) is 0 Å². The van der Waals surface area contributed by atoms with E-state index >= 15 is 0 Å². The van der Waals surface area contributed by atoms with E-state index < -0.39 is 17.9 Å². The summed E-state index contributed by atoms with van der Waals surface area (Å²) >= 11 is 6.12. The van der Waals surface area contributed by atoms with Gasteiger partial charge in [-0.2, -0.15) is 0 Å². The third kappa shape index (κ3) is 3.39. The number of fused-ring (bicyclic) bond motifs is 2. The van der Waals surface area contributed by atoms with E-state index in [-0.39, 0.29) is 16.8 Å². The Kier molecular flexibility index (Phi) is 5.02. The number of carbonyl (C=O) groups excluding carboxylic acids is 2. The van der Waals surface area contributed by atoms with E-state index in [4.69, 9.17) is 20.8 Å². The van der Waals surface area contributed by atoms with Gasteiger partial charge in [-0.15, -0.1) is 0 Å². The van der Waals surface area contributed by atoms with Crippen molar-refractivity contribution in [1.82, 2.24) is 0 Å². The van der Waals surface area contributed by atoms with Crippen LogP contribution >= 0.6 is 11.6 Å². The number of carbonyl (C=O) groups is 2. The zero-order chi connectivity index (χ0) is 23.3. The van der Waals surface area contributed by atoms with Gasteiger partial charge in [-0.3, -0.25) is 14.5 Å². The monoisotopic (exact) mass is 459 g/mol. The molecule has 0 saturated heterocycles. The molecule has 1 aromatic heterocycles. The molecule has 164 valence electrons. The zero-order valence-corrected chi connectivity index (χ0v) is 18.6. The van der Waals surface area contributed by atoms with Crippen LogP contribution in [-0.4, -0.2) is 19.0 Å². The Labute approximate surface area is 194 Å². The van der Waals surface area contributed by atoms with Gasteiger partial charge < -0.3 is 9.15 Å². The second-order valence-corrected chi connectivity index (χ2v) is 8.28. The Bertz CT molecular complexity index is 1470. The zero-order valence-electron chi connectivity index (χ0n) is 17.8. The molecule has 0 saturated carbocycles. The normalized spacial score (nSPS) is 15.1. The van der Waals surface area contributed by atoms with Crippen LogP contribution in [0.4, 0.5) is 5.69 Å². The molecule has 33 heavy (non-hydrogen) atoms. The molecule has 1 aliphatic rings. The maximum atomic E-state index is 13.6. The molecule has 1 aliphatic heterocycles. The number of esters is 1. The molecule has 4 aromatic rings. The highest BCUT2D eigenvalue weighted by Crippen LogP contribution is 2.41. The molecule has 1 unspecified atom stereocenters. The van der Waals surface area contributed by atoms with Gasteiger partial charge in [0.2, 0.25) is 5.76 Å². The smallest absolute Gasteiger partial charge is 0.337 e. The third-order valence-electron chi connectivity index (χ3n) is 5.79. The Morgan fingerprint density at radius 1 is 1.00 bits per heavy atom. The summed E-state index contributed by atoms with van der Waals surface area (Å²) in [6, 6.07) is 18.1. The van der Waals surface area contributed by atoms with Crippen molar-refractivity contribution < 1.29 is 18.7 Å². The number of nitrogens with zero attached hydrogens (tertiary/aromatic N) is 1. The number of halogens is 1. The fourth-order valence-corrected chi connectivity index (χ4v) is 4.32. The number of methoxy groups -OCH3 is 1. The molecule has 1 atom stereocenters. The first-order chi connectivity index (χ1) is 15.9. The Morgan fingerprint density at radius 3 is 2.36 bits per heavy atom. The first kappa shape index (κ1) is 21.0. The first-order valence-electron chi connectivity index (χ1n) is 10.2. The van der Waals surface area contributed by atoms with Crippen molar-refractivity contribution in [2.45, 2.75) is 13.0 Å². The summed E-state index contributed by atoms with van der Waals surface area (Å²) in [5, 5.41) is 0.699. The minimum atomic E-state index is -0.735. The fraction of sp³-hybridized carbons (Fsp3) is 0.115. The van der Waals surface area contributed by atoms with Gasteiger partial charge in [0.25, 0.3) is 5.91 Å². The third-order valence-corrected chi connectivity index (χ3v) is 6.03. The van der Waals surface area contributed by atoms with Crippen LogP contribution < -0.4 is 10.3 Å². The van der Waals surface area contributed by atoms with E-state index in [1.54, 1.807) is 47.4 Å². The van der Waals surface area contributed by atoms with Crippen LogP contribution in [0.15, 0.2) is 75.9 Å². The quantitative estimate of drug-likeness (QED) is 0.389. The summed E-state index contributed by atoms with van der Waals surface area (Å²) < 4.78 is 10.7. The molecule has 0 spiro atoms. The SMILES string of the molecule is COC(=O)c1ccc(C2c3c(oc4ccc(Cl)cc4c3=O)C(=O)N2c2ccc(C)cc2)cc1. The van der Waals surface area contributed by atoms with Crippen molar-refractivity contribution in [3.8, 4) is 0 Å². The molecule has 0 radical (unpaired) electrons. The number of hydrogen-bond donors (Lipinski definition) is 0. The second kappa shape index (κ2) is 7.90. The number of rotatable bonds is 3. The van der Waals surface area contributed by atoms with Crippen LogP contribution in [0.5, 0.6) is 0 Å². The maximum absolute atomic E-state index is 13.6. The lowest BCUT2D eigenvalue weighted by Crippen LogP contribution is -2.29. The second-order valence-electron chi connectivity index (χ2n) is 7.84. The van der Waals surface area contributed by atoms with Crippen molar-refractivity contribution in [3.63, 3.8) is 0 Å². The predicted octanol–water partition coefficient (Wildman–Crippen LogP) is 5.29. The number of aryl methyl sites for hydroxylation is 1. The molecule has 1 amide bonds. The molecule has 6 nitrogen and oxygen atoms in total. The summed E-state index contributed by atoms with van der Waals surface area (Å²) in [5.74, 6) is -0.887. The predicted molar refractivity (Wildman–Crippen MR) is 125 cm³/mol. The van der Waals surface area contributed by atoms with Crippen molar-refractivity contribution in [2.75, 3.05) is 12.0 Å². The van der Waals surface area contributed by atoms with Crippen LogP contribution in [0.25, 0.3) is 11.0 Å². The number of hydrogen-bond acceptors (Lipinski definition) is 5. The van der Waals surface area contributed by atoms with Gasteiger partial charge in [0.1, 0.15) is 5.58 Å². The lowest BCUT2D eigenvalue weighted by atomic mass is 9.97. The Hall–Kier alpha value is -3.90. The molecular weight excluding hydrogens is 442 g/mol. The van der Waals surface area contributed by atoms with Gasteiger partial charge >= 0.3 is 5.97 Å². The van der Waals surface area contributed by atoms with E-state index in [1.807, 2.05) is 31.2 Å². The summed E-state index contributed by atoms with van der Waals surface area (Å²) in [6.07, 6.45) is 0. The average molecular weight is 460 g/mol. The lowest BCUT2D eigenvalue weighted by Gasteiger charge is -2.25. The Morgan fingerprint density at radius 2 is 1.70 bits per heavy atom. The molecule has 0 aliphatic carbocycles. The topological polar surface area (TPSA) is 76.8 Å². The number of anilines is 1. The molecule has 2 heterocycles. The van der Waals surface area contributed by atoms with Crippen molar-refractivity contribution in [3.05, 3.63) is 110 Å². The minimum absolute atomic E-state index is 0.00237. The molecule has 7 heteroatoms. The minimum Gasteiger partial charge on any atom is -0.465 e. The molecule has 3 aromatic carbocycles. The van der Waals surface area contributed by atoms with Gasteiger partial charge in [-0.05, 0) is 55.0 Å². The highest BCUT2D eigenvalue weighted by Gasteiger charge is 2.43. The molecule has 0 N–H and O–H groups in total. The van der Waals surface area contributed by atoms with Gasteiger partial charge in [0.15, 0.2) is 5.43 Å². The Balaban J connectivity index is 1.76. The van der Waals surface area contributed by atoms with Crippen LogP contribution in [0.1, 0.15) is 43.6 Å². The van der Waals surface area contributed by atoms with Crippen LogP contribution in [0.2, 0.25) is 5.02 Å². The van der Waals surface area contributed by atoms with E-state index in [9.17, 15) is 14.4 Å². The van der Waals surface area contributed by atoms with Gasteiger partial charge in [-0.1, -0.05) is 41.4 Å². The highest BCUT2D eigenvalue weighted by atomic mass is 35.5. The largest absolute Gasteiger partial charge is 0.465 e. The van der Waals surface area contributed by atoms with E-state index in [1.165, 1.54) is 7.11 Å². The number of benzene rings is 3. The molecular formula is C26H18ClNO5. The van der Waals surface area contributed by atoms with Crippen LogP contribution in [-0.2, 0) is 4.74 Å².